The molecule has 0 bridgehead atoms. The van der Waals surface area contributed by atoms with Crippen molar-refractivity contribution in [1.82, 2.24) is 5.32 Å². The summed E-state index contributed by atoms with van der Waals surface area (Å²) in [7, 11) is 0. The van der Waals surface area contributed by atoms with Crippen LogP contribution in [0.1, 0.15) is 16.7 Å². The SMILES string of the molecule is Cc1ccc(CNCCc2ccccc2)cc1. The Balaban J connectivity index is 1.71. The predicted molar refractivity (Wildman–Crippen MR) is 73.0 cm³/mol. The molecule has 0 fully saturated rings. The molecule has 0 aliphatic heterocycles. The van der Waals surface area contributed by atoms with Crippen LogP contribution < -0.4 is 5.32 Å². The Morgan fingerprint density at radius 1 is 0.824 bits per heavy atom. The third kappa shape index (κ3) is 4.04. The number of hydrogen-bond donors (Lipinski definition) is 1. The van der Waals surface area contributed by atoms with Crippen LogP contribution in [0.5, 0.6) is 0 Å². The Hall–Kier alpha value is -1.60. The topological polar surface area (TPSA) is 12.0 Å². The highest BCUT2D eigenvalue weighted by Gasteiger charge is 1.93. The first-order chi connectivity index (χ1) is 8.34. The van der Waals surface area contributed by atoms with Gasteiger partial charge in [0.1, 0.15) is 0 Å². The summed E-state index contributed by atoms with van der Waals surface area (Å²) in [5.74, 6) is 0. The fourth-order valence-electron chi connectivity index (χ4n) is 1.82. The summed E-state index contributed by atoms with van der Waals surface area (Å²) < 4.78 is 0. The third-order valence-corrected chi connectivity index (χ3v) is 2.88. The lowest BCUT2D eigenvalue weighted by Crippen LogP contribution is -2.16. The van der Waals surface area contributed by atoms with E-state index in [4.69, 9.17) is 0 Å². The minimum Gasteiger partial charge on any atom is -0.312 e. The second-order valence-corrected chi connectivity index (χ2v) is 4.40. The molecular weight excluding hydrogens is 206 g/mol. The van der Waals surface area contributed by atoms with Crippen LogP contribution in [-0.4, -0.2) is 6.54 Å². The summed E-state index contributed by atoms with van der Waals surface area (Å²) in [5, 5.41) is 3.47. The Kier molecular flexibility index (Phi) is 4.34. The standard InChI is InChI=1S/C16H19N/c1-14-7-9-16(10-8-14)13-17-12-11-15-5-3-2-4-6-15/h2-10,17H,11-13H2,1H3. The lowest BCUT2D eigenvalue weighted by atomic mass is 10.1. The molecule has 0 amide bonds. The number of rotatable bonds is 5. The van der Waals surface area contributed by atoms with Gasteiger partial charge in [-0.3, -0.25) is 0 Å². The molecule has 0 heterocycles. The van der Waals surface area contributed by atoms with Crippen LogP contribution in [-0.2, 0) is 13.0 Å². The largest absolute Gasteiger partial charge is 0.312 e. The van der Waals surface area contributed by atoms with Crippen LogP contribution in [0, 0.1) is 6.92 Å². The molecule has 0 saturated heterocycles. The van der Waals surface area contributed by atoms with Gasteiger partial charge in [0.05, 0.1) is 0 Å². The van der Waals surface area contributed by atoms with E-state index < -0.39 is 0 Å². The average Bonchev–Trinajstić information content (AvgIpc) is 2.38. The molecule has 0 atom stereocenters. The molecule has 2 aromatic carbocycles. The van der Waals surface area contributed by atoms with Crippen molar-refractivity contribution in [3.05, 3.63) is 71.3 Å². The summed E-state index contributed by atoms with van der Waals surface area (Å²) in [6, 6.07) is 19.3. The molecule has 1 N–H and O–H groups in total. The van der Waals surface area contributed by atoms with Gasteiger partial charge in [-0.2, -0.15) is 0 Å². The van der Waals surface area contributed by atoms with Crippen molar-refractivity contribution < 1.29 is 0 Å². The smallest absolute Gasteiger partial charge is 0.0205 e. The summed E-state index contributed by atoms with van der Waals surface area (Å²) in [6.07, 6.45) is 1.09. The van der Waals surface area contributed by atoms with E-state index in [1.54, 1.807) is 0 Å². The highest BCUT2D eigenvalue weighted by Crippen LogP contribution is 2.03. The lowest BCUT2D eigenvalue weighted by molar-refractivity contribution is 0.687. The zero-order valence-corrected chi connectivity index (χ0v) is 10.3. The monoisotopic (exact) mass is 225 g/mol. The number of hydrogen-bond acceptors (Lipinski definition) is 1. The van der Waals surface area contributed by atoms with Gasteiger partial charge in [0.2, 0.25) is 0 Å². The van der Waals surface area contributed by atoms with Crippen LogP contribution in [0.3, 0.4) is 0 Å². The molecule has 2 aromatic rings. The minimum absolute atomic E-state index is 0.952. The average molecular weight is 225 g/mol. The van der Waals surface area contributed by atoms with Crippen molar-refractivity contribution in [3.8, 4) is 0 Å². The van der Waals surface area contributed by atoms with Gasteiger partial charge in [0.25, 0.3) is 0 Å². The molecule has 17 heavy (non-hydrogen) atoms. The molecule has 0 spiro atoms. The predicted octanol–water partition coefficient (Wildman–Crippen LogP) is 3.33. The third-order valence-electron chi connectivity index (χ3n) is 2.88. The highest BCUT2D eigenvalue weighted by atomic mass is 14.8. The first-order valence-corrected chi connectivity index (χ1v) is 6.15. The van der Waals surface area contributed by atoms with Crippen molar-refractivity contribution in [3.63, 3.8) is 0 Å². The Labute approximate surface area is 103 Å². The second-order valence-electron chi connectivity index (χ2n) is 4.40. The Morgan fingerprint density at radius 3 is 2.24 bits per heavy atom. The van der Waals surface area contributed by atoms with Gasteiger partial charge in [-0.15, -0.1) is 0 Å². The molecule has 0 aromatic heterocycles. The molecule has 0 unspecified atom stereocenters. The second kappa shape index (κ2) is 6.21. The highest BCUT2D eigenvalue weighted by molar-refractivity contribution is 5.21. The van der Waals surface area contributed by atoms with Crippen molar-refractivity contribution in [2.75, 3.05) is 6.54 Å². The first kappa shape index (κ1) is 11.9. The summed E-state index contributed by atoms with van der Waals surface area (Å²) in [5.41, 5.74) is 4.06. The van der Waals surface area contributed by atoms with E-state index in [9.17, 15) is 0 Å². The van der Waals surface area contributed by atoms with Gasteiger partial charge in [-0.25, -0.2) is 0 Å². The van der Waals surface area contributed by atoms with Gasteiger partial charge in [-0.1, -0.05) is 60.2 Å². The summed E-state index contributed by atoms with van der Waals surface area (Å²) in [4.78, 5) is 0. The van der Waals surface area contributed by atoms with Crippen molar-refractivity contribution in [1.29, 1.82) is 0 Å². The number of aryl methyl sites for hydroxylation is 1. The maximum Gasteiger partial charge on any atom is 0.0205 e. The lowest BCUT2D eigenvalue weighted by Gasteiger charge is -2.05. The number of benzene rings is 2. The summed E-state index contributed by atoms with van der Waals surface area (Å²) >= 11 is 0. The van der Waals surface area contributed by atoms with E-state index in [1.807, 2.05) is 0 Å². The maximum absolute atomic E-state index is 3.47. The van der Waals surface area contributed by atoms with Gasteiger partial charge in [0, 0.05) is 6.54 Å². The van der Waals surface area contributed by atoms with E-state index in [0.717, 1.165) is 19.5 Å². The van der Waals surface area contributed by atoms with Crippen LogP contribution in [0.4, 0.5) is 0 Å². The van der Waals surface area contributed by atoms with Crippen molar-refractivity contribution in [2.24, 2.45) is 0 Å². The minimum atomic E-state index is 0.952. The quantitative estimate of drug-likeness (QED) is 0.770. The van der Waals surface area contributed by atoms with Crippen LogP contribution in [0.2, 0.25) is 0 Å². The zero-order valence-electron chi connectivity index (χ0n) is 10.3. The molecule has 0 radical (unpaired) electrons. The molecule has 1 heteroatoms. The first-order valence-electron chi connectivity index (χ1n) is 6.15. The normalized spacial score (nSPS) is 10.4. The maximum atomic E-state index is 3.47. The Bertz CT molecular complexity index is 431. The number of nitrogens with one attached hydrogen (secondary N) is 1. The van der Waals surface area contributed by atoms with Gasteiger partial charge in [0.15, 0.2) is 0 Å². The Morgan fingerprint density at radius 2 is 1.53 bits per heavy atom. The fourth-order valence-corrected chi connectivity index (χ4v) is 1.82. The van der Waals surface area contributed by atoms with Crippen molar-refractivity contribution in [2.45, 2.75) is 19.9 Å². The fraction of sp³-hybridized carbons (Fsp3) is 0.250. The van der Waals surface area contributed by atoms with Crippen LogP contribution in [0.15, 0.2) is 54.6 Å². The van der Waals surface area contributed by atoms with E-state index in [-0.39, 0.29) is 0 Å². The molecule has 0 aliphatic rings. The van der Waals surface area contributed by atoms with E-state index in [0.29, 0.717) is 0 Å². The van der Waals surface area contributed by atoms with Gasteiger partial charge < -0.3 is 5.32 Å². The molecule has 2 rings (SSSR count). The summed E-state index contributed by atoms with van der Waals surface area (Å²) in [6.45, 7) is 4.09. The molecule has 1 nitrogen and oxygen atoms in total. The van der Waals surface area contributed by atoms with Gasteiger partial charge in [-0.05, 0) is 31.0 Å². The zero-order chi connectivity index (χ0) is 11.9. The van der Waals surface area contributed by atoms with Crippen LogP contribution in [0.25, 0.3) is 0 Å². The molecule has 0 saturated carbocycles. The van der Waals surface area contributed by atoms with E-state index in [1.165, 1.54) is 16.7 Å². The van der Waals surface area contributed by atoms with Crippen LogP contribution >= 0.6 is 0 Å². The molecule has 88 valence electrons. The van der Waals surface area contributed by atoms with E-state index >= 15 is 0 Å². The van der Waals surface area contributed by atoms with Gasteiger partial charge >= 0.3 is 0 Å². The van der Waals surface area contributed by atoms with E-state index in [2.05, 4.69) is 66.8 Å². The van der Waals surface area contributed by atoms with Crippen molar-refractivity contribution >= 4 is 0 Å². The molecular formula is C16H19N. The molecule has 0 aliphatic carbocycles.